The molecule has 124 valence electrons. The summed E-state index contributed by atoms with van der Waals surface area (Å²) in [5.74, 6) is 0.580. The van der Waals surface area contributed by atoms with Crippen LogP contribution in [0.3, 0.4) is 0 Å². The Morgan fingerprint density at radius 3 is 2.83 bits per heavy atom. The van der Waals surface area contributed by atoms with Gasteiger partial charge in [-0.1, -0.05) is 32.4 Å². The van der Waals surface area contributed by atoms with Crippen molar-refractivity contribution >= 4 is 5.91 Å². The second kappa shape index (κ2) is 7.78. The summed E-state index contributed by atoms with van der Waals surface area (Å²) in [5, 5.41) is 19.2. The van der Waals surface area contributed by atoms with Crippen molar-refractivity contribution in [2.24, 2.45) is 5.92 Å². The van der Waals surface area contributed by atoms with Crippen LogP contribution in [0.5, 0.6) is 5.75 Å². The number of amides is 1. The Labute approximate surface area is 135 Å². The molecule has 0 saturated heterocycles. The Morgan fingerprint density at radius 2 is 2.17 bits per heavy atom. The highest BCUT2D eigenvalue weighted by molar-refractivity contribution is 6.00. The van der Waals surface area contributed by atoms with Gasteiger partial charge in [0.15, 0.2) is 0 Å². The van der Waals surface area contributed by atoms with Crippen LogP contribution in [0.2, 0.25) is 0 Å². The topological polar surface area (TPSA) is 87.2 Å². The number of carbonyl (C=O) groups is 1. The van der Waals surface area contributed by atoms with Crippen LogP contribution in [0.1, 0.15) is 30.6 Å². The van der Waals surface area contributed by atoms with Crippen LogP contribution in [-0.4, -0.2) is 41.0 Å². The standard InChI is InChI=1S/C17H23N3O3/c1-4-11(2)14(10-21)19-17(22)13-9-18-20-16(13)12-7-5-6-8-15(12)23-3/h5-9,11,14,21H,4,10H2,1-3H3,(H,18,20)(H,19,22). The first-order valence-corrected chi connectivity index (χ1v) is 7.70. The number of ether oxygens (including phenoxy) is 1. The van der Waals surface area contributed by atoms with Gasteiger partial charge in [-0.25, -0.2) is 0 Å². The summed E-state index contributed by atoms with van der Waals surface area (Å²) in [6.45, 7) is 3.93. The van der Waals surface area contributed by atoms with Gasteiger partial charge in [0.2, 0.25) is 0 Å². The van der Waals surface area contributed by atoms with Gasteiger partial charge in [0, 0.05) is 5.56 Å². The molecular formula is C17H23N3O3. The van der Waals surface area contributed by atoms with Gasteiger partial charge in [0.05, 0.1) is 37.2 Å². The number of methoxy groups -OCH3 is 1. The lowest BCUT2D eigenvalue weighted by atomic mass is 9.99. The first-order valence-electron chi connectivity index (χ1n) is 7.70. The first kappa shape index (κ1) is 17.0. The number of rotatable bonds is 7. The van der Waals surface area contributed by atoms with Crippen molar-refractivity contribution in [2.45, 2.75) is 26.3 Å². The summed E-state index contributed by atoms with van der Waals surface area (Å²) >= 11 is 0. The number of H-pyrrole nitrogens is 1. The molecule has 1 heterocycles. The van der Waals surface area contributed by atoms with Crippen molar-refractivity contribution in [1.82, 2.24) is 15.5 Å². The van der Waals surface area contributed by atoms with Crippen molar-refractivity contribution in [2.75, 3.05) is 13.7 Å². The Balaban J connectivity index is 2.28. The third-order valence-electron chi connectivity index (χ3n) is 4.10. The third-order valence-corrected chi connectivity index (χ3v) is 4.10. The number of aliphatic hydroxyl groups is 1. The number of aliphatic hydroxyl groups excluding tert-OH is 1. The summed E-state index contributed by atoms with van der Waals surface area (Å²) in [5.41, 5.74) is 1.79. The van der Waals surface area contributed by atoms with Crippen LogP contribution in [0, 0.1) is 5.92 Å². The maximum absolute atomic E-state index is 12.6. The fraction of sp³-hybridized carbons (Fsp3) is 0.412. The molecule has 0 saturated carbocycles. The predicted molar refractivity (Wildman–Crippen MR) is 88.4 cm³/mol. The van der Waals surface area contributed by atoms with Crippen LogP contribution in [0.4, 0.5) is 0 Å². The fourth-order valence-electron chi connectivity index (χ4n) is 2.41. The van der Waals surface area contributed by atoms with Crippen molar-refractivity contribution in [3.63, 3.8) is 0 Å². The highest BCUT2D eigenvalue weighted by atomic mass is 16.5. The number of carbonyl (C=O) groups excluding carboxylic acids is 1. The molecule has 2 atom stereocenters. The lowest BCUT2D eigenvalue weighted by Crippen LogP contribution is -2.41. The molecule has 3 N–H and O–H groups in total. The van der Waals surface area contributed by atoms with Gasteiger partial charge in [-0.3, -0.25) is 9.89 Å². The van der Waals surface area contributed by atoms with Gasteiger partial charge in [-0.15, -0.1) is 0 Å². The Bertz CT molecular complexity index is 654. The van der Waals surface area contributed by atoms with Gasteiger partial charge in [0.25, 0.3) is 5.91 Å². The second-order valence-electron chi connectivity index (χ2n) is 5.51. The maximum Gasteiger partial charge on any atom is 0.255 e. The van der Waals surface area contributed by atoms with E-state index < -0.39 is 0 Å². The van der Waals surface area contributed by atoms with Gasteiger partial charge < -0.3 is 15.2 Å². The van der Waals surface area contributed by atoms with E-state index in [1.165, 1.54) is 6.20 Å². The molecule has 1 amide bonds. The minimum Gasteiger partial charge on any atom is -0.496 e. The van der Waals surface area contributed by atoms with Crippen LogP contribution in [0.15, 0.2) is 30.5 Å². The predicted octanol–water partition coefficient (Wildman–Crippen LogP) is 2.22. The van der Waals surface area contributed by atoms with E-state index in [1.807, 2.05) is 38.1 Å². The number of hydrogen-bond acceptors (Lipinski definition) is 4. The molecule has 0 fully saturated rings. The number of aromatic nitrogens is 2. The largest absolute Gasteiger partial charge is 0.496 e. The summed E-state index contributed by atoms with van der Waals surface area (Å²) < 4.78 is 5.34. The second-order valence-corrected chi connectivity index (χ2v) is 5.51. The summed E-state index contributed by atoms with van der Waals surface area (Å²) in [7, 11) is 1.58. The quantitative estimate of drug-likeness (QED) is 0.731. The molecule has 0 aliphatic rings. The van der Waals surface area contributed by atoms with Gasteiger partial charge in [-0.2, -0.15) is 5.10 Å². The molecule has 2 rings (SSSR count). The molecule has 23 heavy (non-hydrogen) atoms. The van der Waals surface area contributed by atoms with E-state index in [1.54, 1.807) is 7.11 Å². The van der Waals surface area contributed by atoms with E-state index in [0.29, 0.717) is 17.0 Å². The smallest absolute Gasteiger partial charge is 0.255 e. The molecule has 6 heteroatoms. The molecule has 0 radical (unpaired) electrons. The average Bonchev–Trinajstić information content (AvgIpc) is 3.08. The molecule has 1 aromatic carbocycles. The van der Waals surface area contributed by atoms with Crippen molar-refractivity contribution in [3.8, 4) is 17.0 Å². The van der Waals surface area contributed by atoms with Crippen molar-refractivity contribution in [3.05, 3.63) is 36.0 Å². The monoisotopic (exact) mass is 317 g/mol. The zero-order valence-electron chi connectivity index (χ0n) is 13.7. The van der Waals surface area contributed by atoms with E-state index in [2.05, 4.69) is 15.5 Å². The lowest BCUT2D eigenvalue weighted by molar-refractivity contribution is 0.0892. The molecule has 1 aromatic heterocycles. The normalized spacial score (nSPS) is 13.4. The molecule has 2 aromatic rings. The fourth-order valence-corrected chi connectivity index (χ4v) is 2.41. The highest BCUT2D eigenvalue weighted by Crippen LogP contribution is 2.30. The Kier molecular flexibility index (Phi) is 5.76. The van der Waals surface area contributed by atoms with E-state index in [4.69, 9.17) is 4.74 Å². The highest BCUT2D eigenvalue weighted by Gasteiger charge is 2.22. The summed E-state index contributed by atoms with van der Waals surface area (Å²) in [6.07, 6.45) is 2.36. The van der Waals surface area contributed by atoms with Crippen LogP contribution < -0.4 is 10.1 Å². The lowest BCUT2D eigenvalue weighted by Gasteiger charge is -2.22. The van der Waals surface area contributed by atoms with E-state index in [-0.39, 0.29) is 24.5 Å². The Morgan fingerprint density at radius 1 is 1.43 bits per heavy atom. The first-order chi connectivity index (χ1) is 11.1. The summed E-state index contributed by atoms with van der Waals surface area (Å²) in [4.78, 5) is 12.6. The van der Waals surface area contributed by atoms with Gasteiger partial charge in [0.1, 0.15) is 5.75 Å². The minimum atomic E-state index is -0.284. The number of para-hydroxylation sites is 1. The van der Waals surface area contributed by atoms with Crippen LogP contribution in [-0.2, 0) is 0 Å². The molecule has 0 spiro atoms. The maximum atomic E-state index is 12.6. The average molecular weight is 317 g/mol. The number of aromatic amines is 1. The molecule has 0 aliphatic heterocycles. The number of nitrogens with zero attached hydrogens (tertiary/aromatic N) is 1. The Hall–Kier alpha value is -2.34. The molecule has 2 unspecified atom stereocenters. The van der Waals surface area contributed by atoms with E-state index >= 15 is 0 Å². The van der Waals surface area contributed by atoms with E-state index in [0.717, 1.165) is 12.0 Å². The third kappa shape index (κ3) is 3.71. The molecule has 0 aliphatic carbocycles. The zero-order valence-corrected chi connectivity index (χ0v) is 13.7. The number of hydrogen-bond donors (Lipinski definition) is 3. The van der Waals surface area contributed by atoms with E-state index in [9.17, 15) is 9.90 Å². The van der Waals surface area contributed by atoms with Crippen LogP contribution >= 0.6 is 0 Å². The molecular weight excluding hydrogens is 294 g/mol. The van der Waals surface area contributed by atoms with Crippen LogP contribution in [0.25, 0.3) is 11.3 Å². The van der Waals surface area contributed by atoms with Gasteiger partial charge >= 0.3 is 0 Å². The van der Waals surface area contributed by atoms with Gasteiger partial charge in [-0.05, 0) is 18.1 Å². The summed E-state index contributed by atoms with van der Waals surface area (Å²) in [6, 6.07) is 7.14. The SMILES string of the molecule is CCC(C)C(CO)NC(=O)c1cn[nH]c1-c1ccccc1OC. The minimum absolute atomic E-state index is 0.0947. The number of benzene rings is 1. The molecule has 0 bridgehead atoms. The van der Waals surface area contributed by atoms with Crippen molar-refractivity contribution < 1.29 is 14.6 Å². The molecule has 6 nitrogen and oxygen atoms in total. The number of nitrogens with one attached hydrogen (secondary N) is 2. The zero-order chi connectivity index (χ0) is 16.8. The van der Waals surface area contributed by atoms with Crippen molar-refractivity contribution in [1.29, 1.82) is 0 Å².